The summed E-state index contributed by atoms with van der Waals surface area (Å²) in [5.41, 5.74) is 1.09. The third-order valence-electron chi connectivity index (χ3n) is 5.37. The predicted octanol–water partition coefficient (Wildman–Crippen LogP) is 6.11. The van der Waals surface area contributed by atoms with Gasteiger partial charge in [0.1, 0.15) is 5.75 Å². The first-order valence-electron chi connectivity index (χ1n) is 9.87. The first-order valence-corrected chi connectivity index (χ1v) is 9.87. The first-order chi connectivity index (χ1) is 12.8. The van der Waals surface area contributed by atoms with Crippen LogP contribution < -0.4 is 0 Å². The van der Waals surface area contributed by atoms with Gasteiger partial charge in [-0.15, -0.1) is 0 Å². The van der Waals surface area contributed by atoms with Crippen LogP contribution in [0, 0.1) is 5.92 Å². The molecule has 6 heteroatoms. The van der Waals surface area contributed by atoms with Crippen LogP contribution in [-0.4, -0.2) is 23.4 Å². The second kappa shape index (κ2) is 10.00. The predicted molar refractivity (Wildman–Crippen MR) is 97.5 cm³/mol. The number of carbonyl (C=O) groups excluding carboxylic acids is 1. The highest BCUT2D eigenvalue weighted by Crippen LogP contribution is 2.37. The van der Waals surface area contributed by atoms with Crippen molar-refractivity contribution in [3.05, 3.63) is 29.8 Å². The Morgan fingerprint density at radius 1 is 1.11 bits per heavy atom. The van der Waals surface area contributed by atoms with Gasteiger partial charge >= 0.3 is 12.1 Å². The number of phenols is 1. The monoisotopic (exact) mass is 386 g/mol. The molecule has 1 atom stereocenters. The zero-order valence-electron chi connectivity index (χ0n) is 15.8. The van der Waals surface area contributed by atoms with Gasteiger partial charge in [-0.25, -0.2) is 0 Å². The van der Waals surface area contributed by atoms with Crippen LogP contribution in [0.3, 0.4) is 0 Å². The minimum atomic E-state index is -4.51. The lowest BCUT2D eigenvalue weighted by Gasteiger charge is -2.29. The largest absolute Gasteiger partial charge is 0.508 e. The van der Waals surface area contributed by atoms with Gasteiger partial charge in [-0.3, -0.25) is 4.79 Å². The maximum absolute atomic E-state index is 13.2. The molecule has 0 amide bonds. The molecule has 0 spiro atoms. The van der Waals surface area contributed by atoms with Crippen LogP contribution in [-0.2, 0) is 9.53 Å². The number of hydrogen-bond acceptors (Lipinski definition) is 3. The third-order valence-corrected chi connectivity index (χ3v) is 5.37. The summed E-state index contributed by atoms with van der Waals surface area (Å²) in [5.74, 6) is -0.703. The second-order valence-corrected chi connectivity index (χ2v) is 7.46. The molecule has 3 nitrogen and oxygen atoms in total. The van der Waals surface area contributed by atoms with E-state index in [9.17, 15) is 23.1 Å². The zero-order valence-corrected chi connectivity index (χ0v) is 15.8. The van der Waals surface area contributed by atoms with E-state index in [1.807, 2.05) is 19.1 Å². The Bertz CT molecular complexity index is 575. The Balaban J connectivity index is 1.84. The van der Waals surface area contributed by atoms with Gasteiger partial charge < -0.3 is 9.84 Å². The van der Waals surface area contributed by atoms with Crippen molar-refractivity contribution in [3.63, 3.8) is 0 Å². The zero-order chi connectivity index (χ0) is 19.9. The van der Waals surface area contributed by atoms with E-state index in [1.54, 1.807) is 12.1 Å². The quantitative estimate of drug-likeness (QED) is 0.433. The molecule has 1 N–H and O–H groups in total. The number of carbonyl (C=O) groups is 1. The molecule has 1 aliphatic carbocycles. The molecular weight excluding hydrogens is 357 g/mol. The summed E-state index contributed by atoms with van der Waals surface area (Å²) in [5, 5.41) is 9.36. The van der Waals surface area contributed by atoms with Gasteiger partial charge in [-0.05, 0) is 62.1 Å². The number of aromatic hydroxyl groups is 1. The summed E-state index contributed by atoms with van der Waals surface area (Å²) in [4.78, 5) is 12.3. The summed E-state index contributed by atoms with van der Waals surface area (Å²) in [6, 6.07) is 6.97. The molecule has 0 aliphatic heterocycles. The van der Waals surface area contributed by atoms with Crippen molar-refractivity contribution < 1.29 is 27.8 Å². The molecule has 27 heavy (non-hydrogen) atoms. The third kappa shape index (κ3) is 6.74. The molecule has 0 saturated heterocycles. The van der Waals surface area contributed by atoms with E-state index in [1.165, 1.54) is 0 Å². The number of esters is 1. The van der Waals surface area contributed by atoms with Crippen molar-refractivity contribution in [1.29, 1.82) is 0 Å². The normalized spacial score (nSPS) is 21.6. The Kier molecular flexibility index (Phi) is 7.99. The maximum Gasteiger partial charge on any atom is 0.425 e. The van der Waals surface area contributed by atoms with E-state index < -0.39 is 24.2 Å². The van der Waals surface area contributed by atoms with Gasteiger partial charge in [0, 0.05) is 0 Å². The summed E-state index contributed by atoms with van der Waals surface area (Å²) >= 11 is 0. The van der Waals surface area contributed by atoms with Crippen LogP contribution >= 0.6 is 0 Å². The summed E-state index contributed by atoms with van der Waals surface area (Å²) in [7, 11) is 0. The Morgan fingerprint density at radius 2 is 1.74 bits per heavy atom. The van der Waals surface area contributed by atoms with Crippen molar-refractivity contribution in [2.75, 3.05) is 0 Å². The number of unbranched alkanes of at least 4 members (excludes halogenated alkanes) is 3. The number of benzene rings is 1. The van der Waals surface area contributed by atoms with Gasteiger partial charge in [0.15, 0.2) is 6.10 Å². The molecule has 1 fully saturated rings. The molecule has 1 aliphatic rings. The SMILES string of the molecule is CCCCCC[C@@H](OC(=O)[C@H]1CC[C@H](c2ccc(O)cc2)CC1)C(F)(F)F. The van der Waals surface area contributed by atoms with E-state index in [-0.39, 0.29) is 18.1 Å². The number of rotatable bonds is 8. The fourth-order valence-corrected chi connectivity index (χ4v) is 3.69. The average molecular weight is 386 g/mol. The molecule has 1 aromatic carbocycles. The molecular formula is C21H29F3O3. The lowest BCUT2D eigenvalue weighted by atomic mass is 9.79. The van der Waals surface area contributed by atoms with Crippen LogP contribution in [0.1, 0.15) is 76.2 Å². The van der Waals surface area contributed by atoms with Gasteiger partial charge in [0.05, 0.1) is 5.92 Å². The van der Waals surface area contributed by atoms with E-state index in [0.717, 1.165) is 37.7 Å². The number of ether oxygens (including phenoxy) is 1. The lowest BCUT2D eigenvalue weighted by molar-refractivity contribution is -0.225. The van der Waals surface area contributed by atoms with Crippen molar-refractivity contribution in [3.8, 4) is 5.75 Å². The van der Waals surface area contributed by atoms with E-state index in [4.69, 9.17) is 4.74 Å². The number of hydrogen-bond donors (Lipinski definition) is 1. The molecule has 0 radical (unpaired) electrons. The first kappa shape index (κ1) is 21.6. The minimum absolute atomic E-state index is 0.155. The molecule has 0 heterocycles. The second-order valence-electron chi connectivity index (χ2n) is 7.46. The molecule has 0 unspecified atom stereocenters. The highest BCUT2D eigenvalue weighted by molar-refractivity contribution is 5.72. The number of halogens is 3. The Morgan fingerprint density at radius 3 is 2.30 bits per heavy atom. The number of phenolic OH excluding ortho intramolecular Hbond substituents is 1. The summed E-state index contributed by atoms with van der Waals surface area (Å²) < 4.78 is 44.4. The Labute approximate surface area is 158 Å². The van der Waals surface area contributed by atoms with Gasteiger partial charge in [-0.2, -0.15) is 13.2 Å². The van der Waals surface area contributed by atoms with Crippen molar-refractivity contribution in [1.82, 2.24) is 0 Å². The van der Waals surface area contributed by atoms with Gasteiger partial charge in [-0.1, -0.05) is 38.3 Å². The summed E-state index contributed by atoms with van der Waals surface area (Å²) in [6.45, 7) is 2.00. The highest BCUT2D eigenvalue weighted by Gasteiger charge is 2.43. The average Bonchev–Trinajstić information content (AvgIpc) is 2.64. The molecule has 2 rings (SSSR count). The molecule has 0 aromatic heterocycles. The molecule has 1 saturated carbocycles. The lowest BCUT2D eigenvalue weighted by Crippen LogP contribution is -2.36. The van der Waals surface area contributed by atoms with E-state index >= 15 is 0 Å². The molecule has 0 bridgehead atoms. The fraction of sp³-hybridized carbons (Fsp3) is 0.667. The fourth-order valence-electron chi connectivity index (χ4n) is 3.69. The minimum Gasteiger partial charge on any atom is -0.508 e. The van der Waals surface area contributed by atoms with Crippen LogP contribution in [0.2, 0.25) is 0 Å². The van der Waals surface area contributed by atoms with Gasteiger partial charge in [0.25, 0.3) is 0 Å². The van der Waals surface area contributed by atoms with Crippen molar-refractivity contribution in [2.24, 2.45) is 5.92 Å². The van der Waals surface area contributed by atoms with Crippen LogP contribution in [0.25, 0.3) is 0 Å². The van der Waals surface area contributed by atoms with E-state index in [0.29, 0.717) is 19.3 Å². The molecule has 1 aromatic rings. The molecule has 152 valence electrons. The summed E-state index contributed by atoms with van der Waals surface area (Å²) in [6.07, 6.45) is -1.15. The Hall–Kier alpha value is -1.72. The maximum atomic E-state index is 13.2. The van der Waals surface area contributed by atoms with Crippen molar-refractivity contribution in [2.45, 2.75) is 82.9 Å². The number of alkyl halides is 3. The topological polar surface area (TPSA) is 46.5 Å². The van der Waals surface area contributed by atoms with Gasteiger partial charge in [0.2, 0.25) is 0 Å². The van der Waals surface area contributed by atoms with Crippen LogP contribution in [0.4, 0.5) is 13.2 Å². The van der Waals surface area contributed by atoms with Crippen LogP contribution in [0.15, 0.2) is 24.3 Å². The van der Waals surface area contributed by atoms with Crippen LogP contribution in [0.5, 0.6) is 5.75 Å². The van der Waals surface area contributed by atoms with Crippen molar-refractivity contribution >= 4 is 5.97 Å². The highest BCUT2D eigenvalue weighted by atomic mass is 19.4. The smallest absolute Gasteiger partial charge is 0.425 e. The van der Waals surface area contributed by atoms with E-state index in [2.05, 4.69) is 0 Å². The standard InChI is InChI=1S/C21H29F3O3/c1-2-3-4-5-6-19(21(22,23)24)27-20(26)17-9-7-15(8-10-17)16-11-13-18(25)14-12-16/h11-15,17,19,25H,2-10H2,1H3/t15-,17-,19-/m1/s1.